The average molecular weight is 342 g/mol. The molecule has 2 bridgehead atoms. The summed E-state index contributed by atoms with van der Waals surface area (Å²) in [6.07, 6.45) is 0.210. The summed E-state index contributed by atoms with van der Waals surface area (Å²) in [4.78, 5) is 10.3. The van der Waals surface area contributed by atoms with Crippen LogP contribution in [-0.2, 0) is 14.8 Å². The van der Waals surface area contributed by atoms with Gasteiger partial charge in [0.1, 0.15) is 17.2 Å². The summed E-state index contributed by atoms with van der Waals surface area (Å²) in [5, 5.41) is 18.1. The SMILES string of the molecule is CC12CN(S(=O)(=O)c3c(F)cc(C#N)cc3F)C(C(=O)O)(C1)C2. The number of nitrogens with zero attached hydrogens (tertiary/aromatic N) is 2. The number of rotatable bonds is 3. The summed E-state index contributed by atoms with van der Waals surface area (Å²) in [6, 6.07) is 2.76. The Labute approximate surface area is 131 Å². The standard InChI is InChI=1S/C14H12F2N2O4S/c1-13-5-14(6-13,12(19)20)18(7-13)23(21,22)11-9(15)2-8(4-17)3-10(11)16/h2-3H,5-7H2,1H3,(H,19,20). The molecule has 9 heteroatoms. The second-order valence-corrected chi connectivity index (χ2v) is 8.19. The molecule has 0 spiro atoms. The zero-order valence-corrected chi connectivity index (χ0v) is 12.8. The van der Waals surface area contributed by atoms with Crippen molar-refractivity contribution in [2.45, 2.75) is 30.2 Å². The third kappa shape index (κ3) is 1.98. The van der Waals surface area contributed by atoms with E-state index in [1.807, 2.05) is 0 Å². The maximum absolute atomic E-state index is 14.1. The number of hydrogen-bond acceptors (Lipinski definition) is 4. The van der Waals surface area contributed by atoms with E-state index in [2.05, 4.69) is 0 Å². The van der Waals surface area contributed by atoms with Crippen molar-refractivity contribution in [2.75, 3.05) is 6.54 Å². The Hall–Kier alpha value is -2.05. The van der Waals surface area contributed by atoms with Gasteiger partial charge in [-0.3, -0.25) is 4.79 Å². The van der Waals surface area contributed by atoms with Gasteiger partial charge in [0.15, 0.2) is 4.90 Å². The lowest BCUT2D eigenvalue weighted by molar-refractivity contribution is -0.151. The zero-order chi connectivity index (χ0) is 17.2. The predicted molar refractivity (Wildman–Crippen MR) is 72.7 cm³/mol. The predicted octanol–water partition coefficient (Wildman–Crippen LogP) is 1.46. The summed E-state index contributed by atoms with van der Waals surface area (Å²) in [6.45, 7) is 1.62. The van der Waals surface area contributed by atoms with Crippen molar-refractivity contribution >= 4 is 16.0 Å². The molecule has 0 radical (unpaired) electrons. The van der Waals surface area contributed by atoms with Crippen molar-refractivity contribution in [1.29, 1.82) is 5.26 Å². The van der Waals surface area contributed by atoms with Gasteiger partial charge in [0.05, 0.1) is 11.6 Å². The fraction of sp³-hybridized carbons (Fsp3) is 0.429. The second-order valence-electron chi connectivity index (χ2n) is 6.39. The fourth-order valence-electron chi connectivity index (χ4n) is 3.70. The van der Waals surface area contributed by atoms with Crippen LogP contribution in [0.5, 0.6) is 0 Å². The molecule has 6 nitrogen and oxygen atoms in total. The maximum Gasteiger partial charge on any atom is 0.325 e. The molecular weight excluding hydrogens is 330 g/mol. The Morgan fingerprint density at radius 3 is 2.30 bits per heavy atom. The van der Waals surface area contributed by atoms with Crippen LogP contribution in [0.15, 0.2) is 17.0 Å². The van der Waals surface area contributed by atoms with Crippen LogP contribution in [0.25, 0.3) is 0 Å². The maximum atomic E-state index is 14.1. The van der Waals surface area contributed by atoms with Gasteiger partial charge in [0, 0.05) is 6.54 Å². The van der Waals surface area contributed by atoms with Crippen molar-refractivity contribution < 1.29 is 27.1 Å². The van der Waals surface area contributed by atoms with Gasteiger partial charge in [-0.05, 0) is 30.4 Å². The minimum atomic E-state index is -4.68. The molecule has 0 amide bonds. The van der Waals surface area contributed by atoms with Crippen LogP contribution < -0.4 is 0 Å². The average Bonchev–Trinajstić information content (AvgIpc) is 2.88. The Bertz CT molecular complexity index is 846. The minimum Gasteiger partial charge on any atom is -0.480 e. The third-order valence-electron chi connectivity index (χ3n) is 4.51. The van der Waals surface area contributed by atoms with E-state index < -0.39 is 43.5 Å². The van der Waals surface area contributed by atoms with Gasteiger partial charge in [0.25, 0.3) is 0 Å². The number of carboxylic acid groups (broad SMARTS) is 1. The smallest absolute Gasteiger partial charge is 0.325 e. The van der Waals surface area contributed by atoms with Gasteiger partial charge >= 0.3 is 5.97 Å². The van der Waals surface area contributed by atoms with Crippen LogP contribution >= 0.6 is 0 Å². The van der Waals surface area contributed by atoms with Gasteiger partial charge in [-0.15, -0.1) is 0 Å². The van der Waals surface area contributed by atoms with Crippen LogP contribution in [-0.4, -0.2) is 35.9 Å². The molecule has 23 heavy (non-hydrogen) atoms. The normalized spacial score (nSPS) is 29.8. The molecule has 1 saturated carbocycles. The number of benzene rings is 1. The molecule has 2 aliphatic heterocycles. The lowest BCUT2D eigenvalue weighted by Crippen LogP contribution is -2.56. The van der Waals surface area contributed by atoms with Gasteiger partial charge in [-0.1, -0.05) is 6.92 Å². The van der Waals surface area contributed by atoms with Crippen LogP contribution in [0.3, 0.4) is 0 Å². The highest BCUT2D eigenvalue weighted by Gasteiger charge is 2.70. The van der Waals surface area contributed by atoms with Crippen molar-refractivity contribution in [3.05, 3.63) is 29.3 Å². The Morgan fingerprint density at radius 1 is 1.35 bits per heavy atom. The summed E-state index contributed by atoms with van der Waals surface area (Å²) < 4.78 is 54.1. The number of halogens is 2. The molecule has 0 atom stereocenters. The number of carboxylic acids is 1. The fourth-order valence-corrected chi connectivity index (χ4v) is 5.68. The summed E-state index contributed by atoms with van der Waals surface area (Å²) in [5.74, 6) is -4.14. The summed E-state index contributed by atoms with van der Waals surface area (Å²) in [5.41, 5.74) is -2.52. The van der Waals surface area contributed by atoms with E-state index in [9.17, 15) is 27.1 Å². The summed E-state index contributed by atoms with van der Waals surface area (Å²) in [7, 11) is -4.68. The van der Waals surface area contributed by atoms with Crippen LogP contribution in [0, 0.1) is 28.4 Å². The van der Waals surface area contributed by atoms with Crippen LogP contribution in [0.4, 0.5) is 8.78 Å². The number of fused-ring (bicyclic) bond motifs is 1. The first-order chi connectivity index (χ1) is 10.6. The zero-order valence-electron chi connectivity index (χ0n) is 12.0. The Morgan fingerprint density at radius 2 is 1.87 bits per heavy atom. The number of nitriles is 1. The molecular formula is C14H12F2N2O4S. The first-order valence-corrected chi connectivity index (χ1v) is 8.15. The van der Waals surface area contributed by atoms with E-state index in [0.29, 0.717) is 16.4 Å². The lowest BCUT2D eigenvalue weighted by Gasteiger charge is -2.42. The first kappa shape index (κ1) is 15.8. The number of hydrogen-bond donors (Lipinski definition) is 1. The second kappa shape index (κ2) is 4.49. The summed E-state index contributed by atoms with van der Waals surface area (Å²) >= 11 is 0. The third-order valence-corrected chi connectivity index (χ3v) is 6.48. The van der Waals surface area contributed by atoms with Crippen molar-refractivity contribution in [3.63, 3.8) is 0 Å². The molecule has 3 fully saturated rings. The van der Waals surface area contributed by atoms with E-state index in [-0.39, 0.29) is 24.9 Å². The molecule has 1 aromatic carbocycles. The number of sulfonamides is 1. The highest BCUT2D eigenvalue weighted by molar-refractivity contribution is 7.89. The van der Waals surface area contributed by atoms with Gasteiger partial charge < -0.3 is 5.11 Å². The Balaban J connectivity index is 2.14. The molecule has 2 heterocycles. The van der Waals surface area contributed by atoms with Gasteiger partial charge in [-0.2, -0.15) is 9.57 Å². The first-order valence-electron chi connectivity index (χ1n) is 6.71. The highest BCUT2D eigenvalue weighted by atomic mass is 32.2. The van der Waals surface area contributed by atoms with Crippen LogP contribution in [0.2, 0.25) is 0 Å². The quantitative estimate of drug-likeness (QED) is 0.897. The minimum absolute atomic E-state index is 0.105. The highest BCUT2D eigenvalue weighted by Crippen LogP contribution is 2.60. The molecule has 3 aliphatic rings. The lowest BCUT2D eigenvalue weighted by atomic mass is 9.63. The Kier molecular flexibility index (Phi) is 3.09. The topological polar surface area (TPSA) is 98.5 Å². The van der Waals surface area contributed by atoms with Crippen molar-refractivity contribution in [3.8, 4) is 6.07 Å². The van der Waals surface area contributed by atoms with Crippen LogP contribution in [0.1, 0.15) is 25.3 Å². The monoisotopic (exact) mass is 342 g/mol. The molecule has 0 aromatic heterocycles. The number of carbonyl (C=O) groups is 1. The molecule has 1 N–H and O–H groups in total. The molecule has 122 valence electrons. The van der Waals surface area contributed by atoms with E-state index in [0.717, 1.165) is 0 Å². The molecule has 1 aliphatic carbocycles. The van der Waals surface area contributed by atoms with Crippen molar-refractivity contribution in [2.24, 2.45) is 5.41 Å². The van der Waals surface area contributed by atoms with E-state index >= 15 is 0 Å². The molecule has 4 rings (SSSR count). The molecule has 0 unspecified atom stereocenters. The van der Waals surface area contributed by atoms with Gasteiger partial charge in [-0.25, -0.2) is 17.2 Å². The molecule has 2 saturated heterocycles. The van der Waals surface area contributed by atoms with Crippen molar-refractivity contribution in [1.82, 2.24) is 4.31 Å². The molecule has 1 aromatic rings. The van der Waals surface area contributed by atoms with E-state index in [4.69, 9.17) is 5.26 Å². The number of aliphatic carboxylic acids is 1. The largest absolute Gasteiger partial charge is 0.480 e. The van der Waals surface area contributed by atoms with Gasteiger partial charge in [0.2, 0.25) is 10.0 Å². The van der Waals surface area contributed by atoms with E-state index in [1.54, 1.807) is 6.92 Å². The van der Waals surface area contributed by atoms with E-state index in [1.165, 1.54) is 6.07 Å².